The lowest BCUT2D eigenvalue weighted by atomic mass is 10.1. The molecule has 2 N–H and O–H groups in total. The number of aliphatic imine (C=N–C) groups is 1. The van der Waals surface area contributed by atoms with Gasteiger partial charge in [-0.2, -0.15) is 5.10 Å². The second-order valence-electron chi connectivity index (χ2n) is 6.90. The molecule has 160 valence electrons. The molecule has 0 amide bonds. The number of thiophene rings is 1. The molecular formula is C20H25ClIN7S. The molecule has 0 atom stereocenters. The Labute approximate surface area is 202 Å². The fourth-order valence-electron chi connectivity index (χ4n) is 3.46. The molecule has 0 bridgehead atoms. The third kappa shape index (κ3) is 5.93. The minimum Gasteiger partial charge on any atom is -0.352 e. The van der Waals surface area contributed by atoms with E-state index in [-0.39, 0.29) is 24.0 Å². The van der Waals surface area contributed by atoms with Gasteiger partial charge in [-0.3, -0.25) is 15.0 Å². The van der Waals surface area contributed by atoms with Gasteiger partial charge < -0.3 is 10.2 Å². The number of benzene rings is 1. The highest BCUT2D eigenvalue weighted by Crippen LogP contribution is 2.23. The Balaban J connectivity index is 0.00000256. The molecule has 2 aromatic heterocycles. The van der Waals surface area contributed by atoms with Crippen molar-refractivity contribution >= 4 is 52.9 Å². The number of nitrogens with one attached hydrogen (secondary N) is 2. The van der Waals surface area contributed by atoms with E-state index in [1.54, 1.807) is 11.3 Å². The first-order chi connectivity index (χ1) is 14.2. The van der Waals surface area contributed by atoms with Crippen LogP contribution in [0.15, 0.2) is 47.7 Å². The Kier molecular flexibility index (Phi) is 8.49. The number of hydrogen-bond donors (Lipinski definition) is 2. The summed E-state index contributed by atoms with van der Waals surface area (Å²) >= 11 is 7.71. The molecule has 7 nitrogen and oxygen atoms in total. The molecule has 0 spiro atoms. The van der Waals surface area contributed by atoms with Crippen molar-refractivity contribution in [3.8, 4) is 11.4 Å². The maximum Gasteiger partial charge on any atom is 0.194 e. The summed E-state index contributed by atoms with van der Waals surface area (Å²) in [5.74, 6) is 1.72. The van der Waals surface area contributed by atoms with Crippen LogP contribution in [0.4, 0.5) is 0 Å². The van der Waals surface area contributed by atoms with Gasteiger partial charge in [0.15, 0.2) is 11.8 Å². The Morgan fingerprint density at radius 3 is 2.73 bits per heavy atom. The average molecular weight is 558 g/mol. The zero-order chi connectivity index (χ0) is 20.1. The van der Waals surface area contributed by atoms with Crippen molar-refractivity contribution in [2.45, 2.75) is 13.1 Å². The van der Waals surface area contributed by atoms with E-state index >= 15 is 0 Å². The maximum atomic E-state index is 6.05. The lowest BCUT2D eigenvalue weighted by molar-refractivity contribution is 0.173. The van der Waals surface area contributed by atoms with Crippen molar-refractivity contribution < 1.29 is 0 Å². The molecule has 0 aliphatic carbocycles. The zero-order valence-electron chi connectivity index (χ0n) is 16.7. The van der Waals surface area contributed by atoms with Crippen LogP contribution in [-0.2, 0) is 13.1 Å². The predicted molar refractivity (Wildman–Crippen MR) is 134 cm³/mol. The number of piperazine rings is 1. The van der Waals surface area contributed by atoms with Crippen molar-refractivity contribution in [2.75, 3.05) is 33.2 Å². The fourth-order valence-corrected chi connectivity index (χ4v) is 4.59. The largest absolute Gasteiger partial charge is 0.352 e. The van der Waals surface area contributed by atoms with Gasteiger partial charge in [-0.1, -0.05) is 29.8 Å². The molecule has 1 fully saturated rings. The number of rotatable bonds is 5. The molecule has 4 rings (SSSR count). The Morgan fingerprint density at radius 1 is 1.23 bits per heavy atom. The van der Waals surface area contributed by atoms with Crippen molar-refractivity contribution in [1.29, 1.82) is 0 Å². The summed E-state index contributed by atoms with van der Waals surface area (Å²) in [7, 11) is 1.84. The SMILES string of the molecule is CN=C(NCc1cccc(-c2ncn[nH]2)c1)N1CCN(Cc2ccc(Cl)s2)CC1.I. The van der Waals surface area contributed by atoms with Gasteiger partial charge in [-0.25, -0.2) is 4.98 Å². The second-order valence-corrected chi connectivity index (χ2v) is 8.70. The average Bonchev–Trinajstić information content (AvgIpc) is 3.42. The Hall–Kier alpha value is -1.69. The maximum absolute atomic E-state index is 6.05. The standard InChI is InChI=1S/C20H24ClN7S.HI/c1-22-20(23-12-15-3-2-4-16(11-15)19-24-14-25-26-19)28-9-7-27(8-10-28)13-17-5-6-18(21)29-17;/h2-6,11,14H,7-10,12-13H2,1H3,(H,22,23)(H,24,25,26);1H. The molecule has 30 heavy (non-hydrogen) atoms. The van der Waals surface area contributed by atoms with Crippen molar-refractivity contribution in [3.05, 3.63) is 57.5 Å². The lowest BCUT2D eigenvalue weighted by Gasteiger charge is -2.36. The molecule has 1 aliphatic rings. The Morgan fingerprint density at radius 2 is 2.07 bits per heavy atom. The summed E-state index contributed by atoms with van der Waals surface area (Å²) < 4.78 is 0.857. The minimum atomic E-state index is 0. The van der Waals surface area contributed by atoms with E-state index in [0.717, 1.165) is 54.4 Å². The molecule has 3 aromatic rings. The van der Waals surface area contributed by atoms with E-state index in [1.165, 1.54) is 16.8 Å². The van der Waals surface area contributed by atoms with Crippen molar-refractivity contribution in [3.63, 3.8) is 0 Å². The van der Waals surface area contributed by atoms with Gasteiger partial charge in [-0.05, 0) is 23.8 Å². The van der Waals surface area contributed by atoms with E-state index in [0.29, 0.717) is 6.54 Å². The van der Waals surface area contributed by atoms with Crippen LogP contribution in [0.1, 0.15) is 10.4 Å². The van der Waals surface area contributed by atoms with Gasteiger partial charge in [0.05, 0.1) is 4.34 Å². The van der Waals surface area contributed by atoms with E-state index in [9.17, 15) is 0 Å². The number of hydrogen-bond acceptors (Lipinski definition) is 5. The minimum absolute atomic E-state index is 0. The number of aromatic amines is 1. The van der Waals surface area contributed by atoms with Crippen LogP contribution in [0.3, 0.4) is 0 Å². The quantitative estimate of drug-likeness (QED) is 0.284. The smallest absolute Gasteiger partial charge is 0.194 e. The zero-order valence-corrected chi connectivity index (χ0v) is 20.6. The number of aromatic nitrogens is 3. The molecule has 0 unspecified atom stereocenters. The summed E-state index contributed by atoms with van der Waals surface area (Å²) in [4.78, 5) is 14.8. The van der Waals surface area contributed by atoms with E-state index in [1.807, 2.05) is 25.2 Å². The van der Waals surface area contributed by atoms with Crippen LogP contribution < -0.4 is 5.32 Å². The number of nitrogens with zero attached hydrogens (tertiary/aromatic N) is 5. The van der Waals surface area contributed by atoms with Crippen LogP contribution in [-0.4, -0.2) is 64.2 Å². The van der Waals surface area contributed by atoms with E-state index in [2.05, 4.69) is 53.5 Å². The van der Waals surface area contributed by atoms with Crippen LogP contribution in [0, 0.1) is 0 Å². The van der Waals surface area contributed by atoms with Crippen LogP contribution in [0.5, 0.6) is 0 Å². The highest BCUT2D eigenvalue weighted by Gasteiger charge is 2.20. The number of halogens is 2. The normalized spacial score (nSPS) is 15.1. The second kappa shape index (κ2) is 11.1. The predicted octanol–water partition coefficient (Wildman–Crippen LogP) is 3.70. The van der Waals surface area contributed by atoms with Crippen molar-refractivity contribution in [2.24, 2.45) is 4.99 Å². The van der Waals surface area contributed by atoms with E-state index in [4.69, 9.17) is 11.6 Å². The summed E-state index contributed by atoms with van der Waals surface area (Å²) in [6.45, 7) is 5.61. The summed E-state index contributed by atoms with van der Waals surface area (Å²) in [6.07, 6.45) is 1.52. The van der Waals surface area contributed by atoms with Gasteiger partial charge in [0, 0.05) is 56.8 Å². The van der Waals surface area contributed by atoms with Crippen LogP contribution in [0.2, 0.25) is 4.34 Å². The first-order valence-corrected chi connectivity index (χ1v) is 10.8. The molecular weight excluding hydrogens is 533 g/mol. The first-order valence-electron chi connectivity index (χ1n) is 9.58. The van der Waals surface area contributed by atoms with Crippen LogP contribution in [0.25, 0.3) is 11.4 Å². The van der Waals surface area contributed by atoms with Gasteiger partial charge >= 0.3 is 0 Å². The van der Waals surface area contributed by atoms with Gasteiger partial charge in [0.1, 0.15) is 6.33 Å². The Bertz CT molecular complexity index is 952. The fraction of sp³-hybridized carbons (Fsp3) is 0.350. The molecule has 3 heterocycles. The highest BCUT2D eigenvalue weighted by atomic mass is 127. The molecule has 1 saturated heterocycles. The van der Waals surface area contributed by atoms with Crippen molar-refractivity contribution in [1.82, 2.24) is 30.3 Å². The number of guanidine groups is 1. The third-order valence-corrected chi connectivity index (χ3v) is 6.17. The summed E-state index contributed by atoms with van der Waals surface area (Å²) in [5, 5.41) is 10.3. The van der Waals surface area contributed by atoms with Gasteiger partial charge in [-0.15, -0.1) is 35.3 Å². The van der Waals surface area contributed by atoms with Gasteiger partial charge in [0.2, 0.25) is 0 Å². The topological polar surface area (TPSA) is 72.4 Å². The third-order valence-electron chi connectivity index (χ3n) is 4.96. The number of H-pyrrole nitrogens is 1. The lowest BCUT2D eigenvalue weighted by Crippen LogP contribution is -2.51. The summed E-state index contributed by atoms with van der Waals surface area (Å²) in [6, 6.07) is 12.4. The monoisotopic (exact) mass is 557 g/mol. The molecule has 10 heteroatoms. The van der Waals surface area contributed by atoms with Gasteiger partial charge in [0.25, 0.3) is 0 Å². The molecule has 1 aromatic carbocycles. The summed E-state index contributed by atoms with van der Waals surface area (Å²) in [5.41, 5.74) is 2.20. The molecule has 0 radical (unpaired) electrons. The highest BCUT2D eigenvalue weighted by molar-refractivity contribution is 14.0. The first kappa shape index (κ1) is 23.0. The molecule has 0 saturated carbocycles. The van der Waals surface area contributed by atoms with Crippen LogP contribution >= 0.6 is 46.9 Å². The molecule has 1 aliphatic heterocycles. The van der Waals surface area contributed by atoms with E-state index < -0.39 is 0 Å².